The van der Waals surface area contributed by atoms with E-state index >= 15 is 0 Å². The van der Waals surface area contributed by atoms with Gasteiger partial charge in [-0.1, -0.05) is 72.4 Å². The third-order valence-electron chi connectivity index (χ3n) is 5.44. The summed E-state index contributed by atoms with van der Waals surface area (Å²) in [5.74, 6) is 0.341. The van der Waals surface area contributed by atoms with Gasteiger partial charge in [-0.05, 0) is 24.5 Å². The maximum absolute atomic E-state index is 12.8. The molecule has 0 radical (unpaired) electrons. The Bertz CT molecular complexity index is 1290. The lowest BCUT2D eigenvalue weighted by molar-refractivity contribution is -0.113. The molecule has 0 fully saturated rings. The molecular formula is C26H26N4O3S2. The van der Waals surface area contributed by atoms with E-state index in [1.165, 1.54) is 35.8 Å². The van der Waals surface area contributed by atoms with Gasteiger partial charge in [-0.2, -0.15) is 0 Å². The van der Waals surface area contributed by atoms with E-state index in [0.717, 1.165) is 36.3 Å². The summed E-state index contributed by atoms with van der Waals surface area (Å²) in [5, 5.41) is 14.6. The van der Waals surface area contributed by atoms with Crippen LogP contribution >= 0.6 is 23.1 Å². The zero-order chi connectivity index (χ0) is 24.6. The third-order valence-corrected chi connectivity index (χ3v) is 7.30. The van der Waals surface area contributed by atoms with Crippen molar-refractivity contribution in [2.45, 2.75) is 31.5 Å². The van der Waals surface area contributed by atoms with Crippen molar-refractivity contribution < 1.29 is 14.3 Å². The van der Waals surface area contributed by atoms with E-state index in [-0.39, 0.29) is 11.7 Å². The zero-order valence-electron chi connectivity index (χ0n) is 19.6. The molecule has 2 heterocycles. The largest absolute Gasteiger partial charge is 0.465 e. The van der Waals surface area contributed by atoms with Crippen molar-refractivity contribution in [2.75, 3.05) is 18.2 Å². The molecule has 180 valence electrons. The molecule has 0 bridgehead atoms. The average Bonchev–Trinajstić information content (AvgIpc) is 3.50. The molecule has 1 N–H and O–H groups in total. The lowest BCUT2D eigenvalue weighted by atomic mass is 10.0. The van der Waals surface area contributed by atoms with Crippen molar-refractivity contribution >= 4 is 40.0 Å². The summed E-state index contributed by atoms with van der Waals surface area (Å²) < 4.78 is 7.03. The van der Waals surface area contributed by atoms with Gasteiger partial charge >= 0.3 is 5.97 Å². The number of thioether (sulfide) groups is 1. The summed E-state index contributed by atoms with van der Waals surface area (Å²) in [4.78, 5) is 25.3. The highest BCUT2D eigenvalue weighted by Gasteiger charge is 2.22. The van der Waals surface area contributed by atoms with Crippen LogP contribution in [0.2, 0.25) is 0 Å². The number of methoxy groups -OCH3 is 1. The van der Waals surface area contributed by atoms with Gasteiger partial charge in [0.15, 0.2) is 5.16 Å². The van der Waals surface area contributed by atoms with Crippen LogP contribution in [0, 0.1) is 0 Å². The minimum absolute atomic E-state index is 0.149. The Labute approximate surface area is 212 Å². The summed E-state index contributed by atoms with van der Waals surface area (Å²) in [5.41, 5.74) is 3.23. The molecule has 0 aliphatic heterocycles. The first-order chi connectivity index (χ1) is 17.1. The number of carbonyl (C=O) groups excluding carboxylic acids is 2. The highest BCUT2D eigenvalue weighted by molar-refractivity contribution is 7.99. The van der Waals surface area contributed by atoms with Crippen LogP contribution in [0.1, 0.15) is 28.7 Å². The summed E-state index contributed by atoms with van der Waals surface area (Å²) >= 11 is 2.64. The second kappa shape index (κ2) is 11.8. The molecule has 9 heteroatoms. The molecular weight excluding hydrogens is 480 g/mol. The van der Waals surface area contributed by atoms with Gasteiger partial charge < -0.3 is 14.6 Å². The molecule has 0 spiro atoms. The number of ether oxygens (including phenoxy) is 1. The Kier molecular flexibility index (Phi) is 8.33. The number of benzene rings is 2. The fraction of sp³-hybridized carbons (Fsp3) is 0.231. The Morgan fingerprint density at radius 1 is 1.03 bits per heavy atom. The molecule has 0 unspecified atom stereocenters. The van der Waals surface area contributed by atoms with Crippen LogP contribution in [0.25, 0.3) is 11.1 Å². The van der Waals surface area contributed by atoms with Crippen molar-refractivity contribution in [3.8, 4) is 11.1 Å². The number of nitrogens with zero attached hydrogens (tertiary/aromatic N) is 3. The quantitative estimate of drug-likeness (QED) is 0.231. The lowest BCUT2D eigenvalue weighted by Crippen LogP contribution is -2.16. The minimum Gasteiger partial charge on any atom is -0.465 e. The van der Waals surface area contributed by atoms with Gasteiger partial charge in [0.2, 0.25) is 5.91 Å². The first kappa shape index (κ1) is 24.7. The van der Waals surface area contributed by atoms with E-state index in [4.69, 9.17) is 4.74 Å². The molecule has 0 saturated carbocycles. The predicted octanol–water partition coefficient (Wildman–Crippen LogP) is 5.33. The number of hydrogen-bond acceptors (Lipinski definition) is 7. The van der Waals surface area contributed by atoms with Gasteiger partial charge in [-0.25, -0.2) is 4.79 Å². The number of thiophene rings is 1. The number of rotatable bonds is 10. The fourth-order valence-electron chi connectivity index (χ4n) is 3.71. The first-order valence-electron chi connectivity index (χ1n) is 11.2. The molecule has 1 amide bonds. The van der Waals surface area contributed by atoms with E-state index in [1.54, 1.807) is 0 Å². The van der Waals surface area contributed by atoms with Crippen LogP contribution < -0.4 is 5.32 Å². The first-order valence-corrected chi connectivity index (χ1v) is 13.1. The SMILES string of the molecule is CCn1c(CCc2ccccc2)nnc1SCC(=O)Nc1scc(-c2ccccc2)c1C(=O)OC. The highest BCUT2D eigenvalue weighted by atomic mass is 32.2. The molecule has 4 aromatic rings. The van der Waals surface area contributed by atoms with Crippen molar-refractivity contribution in [1.29, 1.82) is 0 Å². The van der Waals surface area contributed by atoms with Crippen LogP contribution in [-0.2, 0) is 28.9 Å². The lowest BCUT2D eigenvalue weighted by Gasteiger charge is -2.09. The van der Waals surface area contributed by atoms with Gasteiger partial charge in [-0.3, -0.25) is 4.79 Å². The number of hydrogen-bond donors (Lipinski definition) is 1. The Morgan fingerprint density at radius 3 is 2.43 bits per heavy atom. The fourth-order valence-corrected chi connectivity index (χ4v) is 5.50. The third kappa shape index (κ3) is 5.98. The Balaban J connectivity index is 1.42. The summed E-state index contributed by atoms with van der Waals surface area (Å²) in [7, 11) is 1.34. The van der Waals surface area contributed by atoms with Gasteiger partial charge in [-0.15, -0.1) is 21.5 Å². The smallest absolute Gasteiger partial charge is 0.341 e. The van der Waals surface area contributed by atoms with E-state index in [0.29, 0.717) is 15.7 Å². The van der Waals surface area contributed by atoms with Crippen LogP contribution in [0.3, 0.4) is 0 Å². The van der Waals surface area contributed by atoms with Crippen molar-refractivity contribution in [3.05, 3.63) is 83.0 Å². The monoisotopic (exact) mass is 506 g/mol. The summed E-state index contributed by atoms with van der Waals surface area (Å²) in [6.07, 6.45) is 1.65. The Hall–Kier alpha value is -3.43. The van der Waals surface area contributed by atoms with Crippen LogP contribution in [-0.4, -0.2) is 39.5 Å². The topological polar surface area (TPSA) is 86.1 Å². The molecule has 0 saturated heterocycles. The predicted molar refractivity (Wildman–Crippen MR) is 140 cm³/mol. The zero-order valence-corrected chi connectivity index (χ0v) is 21.2. The Morgan fingerprint density at radius 2 is 1.74 bits per heavy atom. The van der Waals surface area contributed by atoms with Gasteiger partial charge in [0, 0.05) is 23.9 Å². The van der Waals surface area contributed by atoms with E-state index in [9.17, 15) is 9.59 Å². The molecule has 35 heavy (non-hydrogen) atoms. The van der Waals surface area contributed by atoms with Crippen LogP contribution in [0.4, 0.5) is 5.00 Å². The van der Waals surface area contributed by atoms with E-state index < -0.39 is 5.97 Å². The molecule has 0 atom stereocenters. The summed E-state index contributed by atoms with van der Waals surface area (Å²) in [6.45, 7) is 2.76. The highest BCUT2D eigenvalue weighted by Crippen LogP contribution is 2.36. The second-order valence-corrected chi connectivity index (χ2v) is 9.50. The summed E-state index contributed by atoms with van der Waals surface area (Å²) in [6, 6.07) is 19.8. The maximum atomic E-state index is 12.8. The molecule has 4 rings (SSSR count). The molecule has 2 aromatic carbocycles. The number of esters is 1. The number of nitrogens with one attached hydrogen (secondary N) is 1. The molecule has 0 aliphatic rings. The molecule has 2 aromatic heterocycles. The molecule has 0 aliphatic carbocycles. The van der Waals surface area contributed by atoms with Crippen molar-refractivity contribution in [2.24, 2.45) is 0 Å². The molecule has 7 nitrogen and oxygen atoms in total. The second-order valence-electron chi connectivity index (χ2n) is 7.68. The van der Waals surface area contributed by atoms with E-state index in [2.05, 4.69) is 27.6 Å². The maximum Gasteiger partial charge on any atom is 0.341 e. The average molecular weight is 507 g/mol. The number of anilines is 1. The van der Waals surface area contributed by atoms with Crippen LogP contribution in [0.15, 0.2) is 71.2 Å². The standard InChI is InChI=1S/C26H26N4O3S2/c1-3-30-21(15-14-18-10-6-4-7-11-18)28-29-26(30)35-17-22(31)27-24-23(25(32)33-2)20(16-34-24)19-12-8-5-9-13-19/h4-13,16H,3,14-15,17H2,1-2H3,(H,27,31). The number of aryl methyl sites for hydroxylation is 2. The van der Waals surface area contributed by atoms with Crippen LogP contribution in [0.5, 0.6) is 0 Å². The van der Waals surface area contributed by atoms with Gasteiger partial charge in [0.25, 0.3) is 0 Å². The van der Waals surface area contributed by atoms with Crippen molar-refractivity contribution in [3.63, 3.8) is 0 Å². The minimum atomic E-state index is -0.484. The number of amides is 1. The number of aromatic nitrogens is 3. The van der Waals surface area contributed by atoms with Crippen molar-refractivity contribution in [1.82, 2.24) is 14.8 Å². The van der Waals surface area contributed by atoms with Gasteiger partial charge in [0.05, 0.1) is 12.9 Å². The van der Waals surface area contributed by atoms with Gasteiger partial charge in [0.1, 0.15) is 16.4 Å². The van der Waals surface area contributed by atoms with E-state index in [1.807, 2.05) is 65.4 Å². The number of carbonyl (C=O) groups is 2. The normalized spacial score (nSPS) is 10.8.